The highest BCUT2D eigenvalue weighted by Gasteiger charge is 2.42. The molecular weight excluding hydrogens is 543 g/mol. The third-order valence-corrected chi connectivity index (χ3v) is 8.92. The molecule has 2 aliphatic rings. The fourth-order valence-corrected chi connectivity index (χ4v) is 6.18. The van der Waals surface area contributed by atoms with E-state index in [0.717, 1.165) is 81.1 Å². The van der Waals surface area contributed by atoms with Crippen LogP contribution in [-0.2, 0) is 11.2 Å². The van der Waals surface area contributed by atoms with E-state index in [2.05, 4.69) is 15.9 Å². The number of fused-ring (bicyclic) bond motifs is 1. The molecule has 0 bridgehead atoms. The minimum absolute atomic E-state index is 0.383. The summed E-state index contributed by atoms with van der Waals surface area (Å²) >= 11 is 14.2. The number of nitrogens with zero attached hydrogens (tertiary/aromatic N) is 3. The molecule has 1 atom stereocenters. The lowest BCUT2D eigenvalue weighted by Gasteiger charge is -2.42. The van der Waals surface area contributed by atoms with E-state index < -0.39 is 11.6 Å². The zero-order chi connectivity index (χ0) is 27.1. The van der Waals surface area contributed by atoms with E-state index in [-0.39, 0.29) is 0 Å². The van der Waals surface area contributed by atoms with Gasteiger partial charge in [-0.3, -0.25) is 10.6 Å². The molecule has 0 aliphatic carbocycles. The molecule has 1 fully saturated rings. The van der Waals surface area contributed by atoms with Crippen LogP contribution in [0.3, 0.4) is 0 Å². The summed E-state index contributed by atoms with van der Waals surface area (Å²) in [5.41, 5.74) is 8.09. The first-order valence-electron chi connectivity index (χ1n) is 13.3. The van der Waals surface area contributed by atoms with Crippen LogP contribution in [0.2, 0.25) is 10.0 Å². The van der Waals surface area contributed by atoms with E-state index in [4.69, 9.17) is 33.7 Å². The van der Waals surface area contributed by atoms with Crippen LogP contribution in [0.1, 0.15) is 31.2 Å². The largest absolute Gasteiger partial charge is 0.494 e. The second kappa shape index (κ2) is 13.5. The van der Waals surface area contributed by atoms with Crippen LogP contribution >= 0.6 is 35.0 Å². The van der Waals surface area contributed by atoms with E-state index in [0.29, 0.717) is 35.4 Å². The highest BCUT2D eigenvalue weighted by Crippen LogP contribution is 2.36. The molecule has 0 aromatic heterocycles. The predicted octanol–water partition coefficient (Wildman–Crippen LogP) is 5.22. The van der Waals surface area contributed by atoms with Gasteiger partial charge in [-0.2, -0.15) is 11.8 Å². The maximum absolute atomic E-state index is 12.2. The van der Waals surface area contributed by atoms with Crippen molar-refractivity contribution in [2.24, 2.45) is 5.73 Å². The van der Waals surface area contributed by atoms with Crippen LogP contribution in [0.15, 0.2) is 36.4 Å². The number of carboxylic acid groups (broad SMARTS) is 1. The number of benzene rings is 2. The van der Waals surface area contributed by atoms with Gasteiger partial charge in [-0.15, -0.1) is 0 Å². The Morgan fingerprint density at radius 2 is 1.89 bits per heavy atom. The topological polar surface area (TPSA) is 82.3 Å². The van der Waals surface area contributed by atoms with Crippen molar-refractivity contribution in [1.82, 2.24) is 4.90 Å². The number of ether oxygens (including phenoxy) is 1. The van der Waals surface area contributed by atoms with Gasteiger partial charge in [-0.05, 0) is 68.0 Å². The zero-order valence-corrected chi connectivity index (χ0v) is 24.3. The average molecular weight is 582 g/mol. The van der Waals surface area contributed by atoms with Gasteiger partial charge in [-0.25, -0.2) is 4.79 Å². The zero-order valence-electron chi connectivity index (χ0n) is 22.0. The molecular formula is C28H38Cl2N4O3S. The number of halogens is 2. The van der Waals surface area contributed by atoms with Gasteiger partial charge >= 0.3 is 5.97 Å². The molecule has 2 aromatic rings. The summed E-state index contributed by atoms with van der Waals surface area (Å²) in [6, 6.07) is 11.8. The van der Waals surface area contributed by atoms with Crippen molar-refractivity contribution >= 4 is 52.3 Å². The monoisotopic (exact) mass is 580 g/mol. The number of carboxylic acids is 1. The Labute approximate surface area is 240 Å². The molecule has 0 amide bonds. The van der Waals surface area contributed by atoms with Gasteiger partial charge in [0.25, 0.3) is 0 Å². The summed E-state index contributed by atoms with van der Waals surface area (Å²) in [6.45, 7) is 6.12. The standard InChI is InChI=1S/C28H38Cl2N4O3S/c1-38-19-11-28(31,27(35)36)34-13-5-6-21-9-10-22(20-25(21)34)37-18-3-2-12-32-14-16-33(17-15-32)24-8-4-7-23(29)26(24)30/h4,7-10,20H,2-3,5-6,11-19,31H2,1H3,(H,35,36)/t28-/m1/s1. The number of hydrogen-bond acceptors (Lipinski definition) is 7. The Balaban J connectivity index is 1.25. The van der Waals surface area contributed by atoms with Crippen molar-refractivity contribution in [3.8, 4) is 5.75 Å². The maximum atomic E-state index is 12.2. The highest BCUT2D eigenvalue weighted by molar-refractivity contribution is 7.98. The van der Waals surface area contributed by atoms with Gasteiger partial charge in [0.1, 0.15) is 5.75 Å². The predicted molar refractivity (Wildman–Crippen MR) is 160 cm³/mol. The third-order valence-electron chi connectivity index (χ3n) is 7.50. The minimum Gasteiger partial charge on any atom is -0.494 e. The van der Waals surface area contributed by atoms with Gasteiger partial charge in [0.05, 0.1) is 22.3 Å². The van der Waals surface area contributed by atoms with Crippen LogP contribution in [0.5, 0.6) is 5.75 Å². The first-order chi connectivity index (χ1) is 18.3. The highest BCUT2D eigenvalue weighted by atomic mass is 35.5. The van der Waals surface area contributed by atoms with Gasteiger partial charge in [0.2, 0.25) is 0 Å². The van der Waals surface area contributed by atoms with Crippen molar-refractivity contribution < 1.29 is 14.6 Å². The summed E-state index contributed by atoms with van der Waals surface area (Å²) in [5.74, 6) is 0.469. The molecule has 0 spiro atoms. The van der Waals surface area contributed by atoms with Gasteiger partial charge in [-0.1, -0.05) is 35.3 Å². The SMILES string of the molecule is CSCC[C@](N)(C(=O)O)N1CCCc2ccc(OCCCCN3CCN(c4cccc(Cl)c4Cl)CC3)cc21. The number of aryl methyl sites for hydroxylation is 1. The number of aliphatic carboxylic acids is 1. The molecule has 0 radical (unpaired) electrons. The quantitative estimate of drug-likeness (QED) is 0.331. The normalized spacial score (nSPS) is 17.7. The Morgan fingerprint density at radius 3 is 2.63 bits per heavy atom. The van der Waals surface area contributed by atoms with Crippen molar-refractivity contribution in [1.29, 1.82) is 0 Å². The number of piperazine rings is 1. The minimum atomic E-state index is -1.42. The lowest BCUT2D eigenvalue weighted by atomic mass is 9.96. The molecule has 3 N–H and O–H groups in total. The molecule has 2 aliphatic heterocycles. The van der Waals surface area contributed by atoms with Gasteiger partial charge in [0, 0.05) is 50.9 Å². The molecule has 0 saturated carbocycles. The van der Waals surface area contributed by atoms with E-state index in [9.17, 15) is 9.90 Å². The second-order valence-corrected chi connectivity index (χ2v) is 11.7. The van der Waals surface area contributed by atoms with E-state index in [1.807, 2.05) is 41.5 Å². The summed E-state index contributed by atoms with van der Waals surface area (Å²) < 4.78 is 6.09. The number of carbonyl (C=O) groups is 1. The second-order valence-electron chi connectivity index (χ2n) is 9.98. The molecule has 2 aromatic carbocycles. The lowest BCUT2D eigenvalue weighted by molar-refractivity contribution is -0.143. The van der Waals surface area contributed by atoms with E-state index in [1.54, 1.807) is 11.8 Å². The van der Waals surface area contributed by atoms with Crippen molar-refractivity contribution in [3.05, 3.63) is 52.0 Å². The molecule has 0 unspecified atom stereocenters. The fraction of sp³-hybridized carbons (Fsp3) is 0.536. The summed E-state index contributed by atoms with van der Waals surface area (Å²) in [6.07, 6.45) is 6.16. The Morgan fingerprint density at radius 1 is 1.11 bits per heavy atom. The summed E-state index contributed by atoms with van der Waals surface area (Å²) in [7, 11) is 0. The first-order valence-corrected chi connectivity index (χ1v) is 15.4. The Bertz CT molecular complexity index is 1100. The van der Waals surface area contributed by atoms with E-state index >= 15 is 0 Å². The lowest BCUT2D eigenvalue weighted by Crippen LogP contribution is -2.63. The van der Waals surface area contributed by atoms with Gasteiger partial charge < -0.3 is 19.6 Å². The smallest absolute Gasteiger partial charge is 0.344 e. The van der Waals surface area contributed by atoms with Crippen LogP contribution in [-0.4, -0.2) is 79.5 Å². The molecule has 208 valence electrons. The number of nitrogens with two attached hydrogens (primary N) is 1. The van der Waals surface area contributed by atoms with Crippen molar-refractivity contribution in [2.75, 3.05) is 67.7 Å². The van der Waals surface area contributed by atoms with E-state index in [1.165, 1.54) is 0 Å². The van der Waals surface area contributed by atoms with Crippen LogP contribution in [0, 0.1) is 0 Å². The van der Waals surface area contributed by atoms with Crippen LogP contribution in [0.4, 0.5) is 11.4 Å². The summed E-state index contributed by atoms with van der Waals surface area (Å²) in [5, 5.41) is 11.2. The van der Waals surface area contributed by atoms with Crippen molar-refractivity contribution in [2.45, 2.75) is 37.8 Å². The van der Waals surface area contributed by atoms with Crippen LogP contribution < -0.4 is 20.3 Å². The number of hydrogen-bond donors (Lipinski definition) is 2. The molecule has 10 heteroatoms. The fourth-order valence-electron chi connectivity index (χ4n) is 5.25. The van der Waals surface area contributed by atoms with Gasteiger partial charge in [0.15, 0.2) is 5.66 Å². The molecule has 38 heavy (non-hydrogen) atoms. The molecule has 7 nitrogen and oxygen atoms in total. The van der Waals surface area contributed by atoms with Crippen LogP contribution in [0.25, 0.3) is 0 Å². The number of rotatable bonds is 12. The summed E-state index contributed by atoms with van der Waals surface area (Å²) in [4.78, 5) is 18.8. The average Bonchev–Trinajstić information content (AvgIpc) is 2.93. The molecule has 4 rings (SSSR count). The Kier molecular flexibility index (Phi) is 10.3. The van der Waals surface area contributed by atoms with Crippen molar-refractivity contribution in [3.63, 3.8) is 0 Å². The molecule has 1 saturated heterocycles. The maximum Gasteiger partial charge on any atom is 0.344 e. The number of unbranched alkanes of at least 4 members (excludes halogenated alkanes) is 1. The first kappa shape index (κ1) is 29.2. The third kappa shape index (κ3) is 6.83. The number of anilines is 2. The number of thioether (sulfide) groups is 1. The Hall–Kier alpha value is -1.84. The molecule has 2 heterocycles.